The van der Waals surface area contributed by atoms with Crippen LogP contribution in [0, 0.1) is 0 Å². The Morgan fingerprint density at radius 3 is 2.41 bits per heavy atom. The van der Waals surface area contributed by atoms with E-state index in [4.69, 9.17) is 14.6 Å². The molecule has 0 aliphatic rings. The largest absolute Gasteiger partial charge is 0.495 e. The molecular formula is C12H16O4S. The minimum atomic E-state index is -0.875. The number of thioether (sulfide) groups is 1. The van der Waals surface area contributed by atoms with Crippen molar-refractivity contribution in [2.45, 2.75) is 17.7 Å². The molecule has 0 heterocycles. The van der Waals surface area contributed by atoms with E-state index < -0.39 is 11.9 Å². The summed E-state index contributed by atoms with van der Waals surface area (Å²) < 4.78 is 10.5. The number of carboxylic acids is 1. The highest BCUT2D eigenvalue weighted by Crippen LogP contribution is 2.41. The van der Waals surface area contributed by atoms with E-state index >= 15 is 0 Å². The molecule has 0 aliphatic heterocycles. The first-order chi connectivity index (χ1) is 8.06. The molecule has 1 rings (SSSR count). The first-order valence-electron chi connectivity index (χ1n) is 5.08. The molecule has 1 aromatic rings. The zero-order chi connectivity index (χ0) is 13.0. The van der Waals surface area contributed by atoms with Crippen LogP contribution in [0.3, 0.4) is 0 Å². The molecule has 0 amide bonds. The molecule has 1 atom stereocenters. The van der Waals surface area contributed by atoms with E-state index in [1.807, 2.05) is 6.26 Å². The van der Waals surface area contributed by atoms with Gasteiger partial charge < -0.3 is 14.6 Å². The second-order valence-electron chi connectivity index (χ2n) is 3.48. The Hall–Kier alpha value is -1.36. The number of methoxy groups -OCH3 is 2. The van der Waals surface area contributed by atoms with Gasteiger partial charge in [-0.1, -0.05) is 6.07 Å². The van der Waals surface area contributed by atoms with Crippen molar-refractivity contribution in [1.82, 2.24) is 0 Å². The minimum absolute atomic E-state index is 0.576. The van der Waals surface area contributed by atoms with E-state index in [0.717, 1.165) is 4.90 Å². The SMILES string of the molecule is COc1ccc(C(C)C(=O)O)c(OC)c1SC. The molecular weight excluding hydrogens is 240 g/mol. The average Bonchev–Trinajstić information content (AvgIpc) is 2.35. The summed E-state index contributed by atoms with van der Waals surface area (Å²) in [6.07, 6.45) is 1.90. The predicted molar refractivity (Wildman–Crippen MR) is 67.4 cm³/mol. The number of carboxylic acid groups (broad SMARTS) is 1. The third-order valence-electron chi connectivity index (χ3n) is 2.57. The minimum Gasteiger partial charge on any atom is -0.495 e. The number of hydrogen-bond donors (Lipinski definition) is 1. The van der Waals surface area contributed by atoms with Crippen LogP contribution in [0.2, 0.25) is 0 Å². The Bertz CT molecular complexity index is 417. The summed E-state index contributed by atoms with van der Waals surface area (Å²) >= 11 is 1.47. The summed E-state index contributed by atoms with van der Waals surface area (Å²) in [5.41, 5.74) is 0.658. The van der Waals surface area contributed by atoms with Gasteiger partial charge in [0.2, 0.25) is 0 Å². The molecule has 1 N–H and O–H groups in total. The molecule has 1 unspecified atom stereocenters. The molecule has 5 heteroatoms. The van der Waals surface area contributed by atoms with Crippen LogP contribution in [0.5, 0.6) is 11.5 Å². The Labute approximate surface area is 105 Å². The first kappa shape index (κ1) is 13.7. The number of benzene rings is 1. The predicted octanol–water partition coefficient (Wildman–Crippen LogP) is 2.61. The van der Waals surface area contributed by atoms with Gasteiger partial charge in [0, 0.05) is 5.56 Å². The van der Waals surface area contributed by atoms with Crippen molar-refractivity contribution in [3.63, 3.8) is 0 Å². The summed E-state index contributed by atoms with van der Waals surface area (Å²) in [4.78, 5) is 11.8. The van der Waals surface area contributed by atoms with E-state index in [2.05, 4.69) is 0 Å². The van der Waals surface area contributed by atoms with E-state index in [-0.39, 0.29) is 0 Å². The number of ether oxygens (including phenoxy) is 2. The van der Waals surface area contributed by atoms with E-state index in [0.29, 0.717) is 17.1 Å². The number of carbonyl (C=O) groups is 1. The lowest BCUT2D eigenvalue weighted by Crippen LogP contribution is -2.09. The summed E-state index contributed by atoms with van der Waals surface area (Å²) in [5.74, 6) is -0.218. The van der Waals surface area contributed by atoms with Crippen LogP contribution in [0.1, 0.15) is 18.4 Å². The zero-order valence-electron chi connectivity index (χ0n) is 10.3. The highest BCUT2D eigenvalue weighted by Gasteiger charge is 2.22. The highest BCUT2D eigenvalue weighted by atomic mass is 32.2. The van der Waals surface area contributed by atoms with Crippen LogP contribution in [0.25, 0.3) is 0 Å². The van der Waals surface area contributed by atoms with Crippen molar-refractivity contribution in [3.8, 4) is 11.5 Å². The van der Waals surface area contributed by atoms with E-state index in [1.54, 1.807) is 26.2 Å². The van der Waals surface area contributed by atoms with Gasteiger partial charge in [0.05, 0.1) is 25.0 Å². The normalized spacial score (nSPS) is 12.0. The lowest BCUT2D eigenvalue weighted by atomic mass is 10.00. The van der Waals surface area contributed by atoms with Crippen LogP contribution in [-0.2, 0) is 4.79 Å². The molecule has 4 nitrogen and oxygen atoms in total. The lowest BCUT2D eigenvalue weighted by Gasteiger charge is -2.17. The molecule has 0 spiro atoms. The Morgan fingerprint density at radius 2 is 2.00 bits per heavy atom. The smallest absolute Gasteiger partial charge is 0.310 e. The van der Waals surface area contributed by atoms with Crippen molar-refractivity contribution < 1.29 is 19.4 Å². The van der Waals surface area contributed by atoms with Crippen LogP contribution in [0.4, 0.5) is 0 Å². The van der Waals surface area contributed by atoms with Crippen LogP contribution >= 0.6 is 11.8 Å². The molecule has 0 fully saturated rings. The topological polar surface area (TPSA) is 55.8 Å². The molecule has 0 aliphatic carbocycles. The van der Waals surface area contributed by atoms with Crippen molar-refractivity contribution >= 4 is 17.7 Å². The first-order valence-corrected chi connectivity index (χ1v) is 6.30. The van der Waals surface area contributed by atoms with Gasteiger partial charge in [0.1, 0.15) is 11.5 Å². The monoisotopic (exact) mass is 256 g/mol. The molecule has 0 saturated heterocycles. The van der Waals surface area contributed by atoms with Gasteiger partial charge in [-0.25, -0.2) is 0 Å². The highest BCUT2D eigenvalue weighted by molar-refractivity contribution is 7.98. The van der Waals surface area contributed by atoms with Crippen molar-refractivity contribution in [2.75, 3.05) is 20.5 Å². The zero-order valence-corrected chi connectivity index (χ0v) is 11.1. The Kier molecular flexibility index (Phi) is 4.69. The third-order valence-corrected chi connectivity index (χ3v) is 3.37. The van der Waals surface area contributed by atoms with Gasteiger partial charge in [0.25, 0.3) is 0 Å². The molecule has 0 saturated carbocycles. The number of hydrogen-bond acceptors (Lipinski definition) is 4. The second kappa shape index (κ2) is 5.82. The number of aliphatic carboxylic acids is 1. The number of rotatable bonds is 5. The summed E-state index contributed by atoms with van der Waals surface area (Å²) in [6.45, 7) is 1.64. The molecule has 0 bridgehead atoms. The third kappa shape index (κ3) is 2.66. The van der Waals surface area contributed by atoms with Gasteiger partial charge in [-0.3, -0.25) is 4.79 Å². The quantitative estimate of drug-likeness (QED) is 0.821. The maximum atomic E-state index is 11.0. The van der Waals surface area contributed by atoms with Crippen molar-refractivity contribution in [2.24, 2.45) is 0 Å². The maximum Gasteiger partial charge on any atom is 0.310 e. The van der Waals surface area contributed by atoms with Gasteiger partial charge in [-0.15, -0.1) is 11.8 Å². The summed E-state index contributed by atoms with van der Waals surface area (Å²) in [7, 11) is 3.11. The average molecular weight is 256 g/mol. The van der Waals surface area contributed by atoms with Gasteiger partial charge in [-0.2, -0.15) is 0 Å². The Morgan fingerprint density at radius 1 is 1.35 bits per heavy atom. The molecule has 0 radical (unpaired) electrons. The molecule has 0 aromatic heterocycles. The molecule has 1 aromatic carbocycles. The fraction of sp³-hybridized carbons (Fsp3) is 0.417. The van der Waals surface area contributed by atoms with E-state index in [1.165, 1.54) is 18.9 Å². The fourth-order valence-electron chi connectivity index (χ4n) is 1.60. The van der Waals surface area contributed by atoms with Gasteiger partial charge in [-0.05, 0) is 19.2 Å². The maximum absolute atomic E-state index is 11.0. The Balaban J connectivity index is 3.37. The molecule has 17 heavy (non-hydrogen) atoms. The van der Waals surface area contributed by atoms with Gasteiger partial charge in [0.15, 0.2) is 0 Å². The second-order valence-corrected chi connectivity index (χ2v) is 4.30. The van der Waals surface area contributed by atoms with E-state index in [9.17, 15) is 4.79 Å². The lowest BCUT2D eigenvalue weighted by molar-refractivity contribution is -0.138. The van der Waals surface area contributed by atoms with Crippen molar-refractivity contribution in [1.29, 1.82) is 0 Å². The standard InChI is InChI=1S/C12H16O4S/c1-7(12(13)14)8-5-6-9(15-2)11(17-4)10(8)16-3/h5-7H,1-4H3,(H,13,14). The van der Waals surface area contributed by atoms with Crippen LogP contribution < -0.4 is 9.47 Å². The summed E-state index contributed by atoms with van der Waals surface area (Å²) in [5, 5.41) is 9.05. The van der Waals surface area contributed by atoms with Crippen LogP contribution in [0.15, 0.2) is 17.0 Å². The van der Waals surface area contributed by atoms with Crippen molar-refractivity contribution in [3.05, 3.63) is 17.7 Å². The molecule has 94 valence electrons. The van der Waals surface area contributed by atoms with Gasteiger partial charge >= 0.3 is 5.97 Å². The van der Waals surface area contributed by atoms with Crippen LogP contribution in [-0.4, -0.2) is 31.6 Å². The fourth-order valence-corrected chi connectivity index (χ4v) is 2.34. The summed E-state index contributed by atoms with van der Waals surface area (Å²) in [6, 6.07) is 3.50.